The highest BCUT2D eigenvalue weighted by atomic mass is 16.5. The van der Waals surface area contributed by atoms with E-state index < -0.39 is 5.60 Å². The highest BCUT2D eigenvalue weighted by Gasteiger charge is 2.27. The van der Waals surface area contributed by atoms with Crippen molar-refractivity contribution in [1.82, 2.24) is 0 Å². The van der Waals surface area contributed by atoms with Crippen molar-refractivity contribution in [3.8, 4) is 5.75 Å². The first kappa shape index (κ1) is 15.3. The standard InChI is InChI=1S/C21H20O2/c1-5-19(22)16-10-11-20-17(12-16)18(13-21(3,4)23-20)15-8-6-14(2)7-9-15/h5-13H,1H2,2-4H3. The van der Waals surface area contributed by atoms with Crippen LogP contribution >= 0.6 is 0 Å². The molecule has 0 radical (unpaired) electrons. The average molecular weight is 304 g/mol. The maximum Gasteiger partial charge on any atom is 0.185 e. The number of hydrogen-bond acceptors (Lipinski definition) is 2. The predicted octanol–water partition coefficient (Wildman–Crippen LogP) is 4.97. The summed E-state index contributed by atoms with van der Waals surface area (Å²) in [5, 5.41) is 0. The minimum atomic E-state index is -0.392. The Balaban J connectivity index is 2.18. The van der Waals surface area contributed by atoms with Crippen molar-refractivity contribution < 1.29 is 9.53 Å². The van der Waals surface area contributed by atoms with Crippen LogP contribution in [0.2, 0.25) is 0 Å². The van der Waals surface area contributed by atoms with Gasteiger partial charge >= 0.3 is 0 Å². The van der Waals surface area contributed by atoms with Crippen LogP contribution < -0.4 is 4.74 Å². The maximum absolute atomic E-state index is 11.9. The monoisotopic (exact) mass is 304 g/mol. The van der Waals surface area contributed by atoms with Crippen molar-refractivity contribution >= 4 is 11.4 Å². The molecule has 2 aromatic rings. The molecule has 0 amide bonds. The van der Waals surface area contributed by atoms with E-state index in [2.05, 4.69) is 43.8 Å². The molecule has 0 spiro atoms. The molecule has 0 fully saturated rings. The Hall–Kier alpha value is -2.61. The normalized spacial score (nSPS) is 15.2. The van der Waals surface area contributed by atoms with Gasteiger partial charge in [0, 0.05) is 11.1 Å². The number of hydrogen-bond donors (Lipinski definition) is 0. The van der Waals surface area contributed by atoms with E-state index in [0.29, 0.717) is 5.56 Å². The van der Waals surface area contributed by atoms with E-state index in [1.807, 2.05) is 26.0 Å². The van der Waals surface area contributed by atoms with E-state index in [0.717, 1.165) is 22.4 Å². The smallest absolute Gasteiger partial charge is 0.185 e. The highest BCUT2D eigenvalue weighted by Crippen LogP contribution is 2.40. The quantitative estimate of drug-likeness (QED) is 0.591. The predicted molar refractivity (Wildman–Crippen MR) is 93.9 cm³/mol. The molecule has 0 aliphatic carbocycles. The van der Waals surface area contributed by atoms with Crippen molar-refractivity contribution in [2.24, 2.45) is 0 Å². The molecule has 116 valence electrons. The summed E-state index contributed by atoms with van der Waals surface area (Å²) >= 11 is 0. The van der Waals surface area contributed by atoms with Gasteiger partial charge in [0.25, 0.3) is 0 Å². The lowest BCUT2D eigenvalue weighted by atomic mass is 9.88. The minimum absolute atomic E-state index is 0.0825. The minimum Gasteiger partial charge on any atom is -0.483 e. The lowest BCUT2D eigenvalue weighted by molar-refractivity contribution is 0.104. The second-order valence-electron chi connectivity index (χ2n) is 6.41. The SMILES string of the molecule is C=CC(=O)c1ccc2c(c1)C(c1ccc(C)cc1)=CC(C)(C)O2. The Morgan fingerprint density at radius 3 is 2.48 bits per heavy atom. The molecule has 2 nitrogen and oxygen atoms in total. The van der Waals surface area contributed by atoms with Gasteiger partial charge in [-0.3, -0.25) is 4.79 Å². The van der Waals surface area contributed by atoms with Crippen molar-refractivity contribution in [3.63, 3.8) is 0 Å². The molecule has 2 aromatic carbocycles. The largest absolute Gasteiger partial charge is 0.483 e. The van der Waals surface area contributed by atoms with Gasteiger partial charge in [-0.1, -0.05) is 36.4 Å². The zero-order chi connectivity index (χ0) is 16.6. The van der Waals surface area contributed by atoms with Crippen LogP contribution in [-0.2, 0) is 0 Å². The molecule has 0 atom stereocenters. The van der Waals surface area contributed by atoms with Crippen molar-refractivity contribution in [1.29, 1.82) is 0 Å². The molecule has 1 heterocycles. The van der Waals surface area contributed by atoms with Crippen LogP contribution in [0.5, 0.6) is 5.75 Å². The average Bonchev–Trinajstić information content (AvgIpc) is 2.53. The number of rotatable bonds is 3. The topological polar surface area (TPSA) is 26.3 Å². The van der Waals surface area contributed by atoms with Crippen LogP contribution in [0.25, 0.3) is 5.57 Å². The fourth-order valence-corrected chi connectivity index (χ4v) is 2.81. The van der Waals surface area contributed by atoms with Gasteiger partial charge in [-0.2, -0.15) is 0 Å². The number of fused-ring (bicyclic) bond motifs is 1. The van der Waals surface area contributed by atoms with Crippen LogP contribution in [0.4, 0.5) is 0 Å². The van der Waals surface area contributed by atoms with Crippen molar-refractivity contribution in [2.45, 2.75) is 26.4 Å². The molecule has 0 saturated carbocycles. The lowest BCUT2D eigenvalue weighted by Crippen LogP contribution is -2.29. The van der Waals surface area contributed by atoms with E-state index in [4.69, 9.17) is 4.74 Å². The third-order valence-corrected chi connectivity index (χ3v) is 3.97. The van der Waals surface area contributed by atoms with Gasteiger partial charge in [0.2, 0.25) is 0 Å². The molecular formula is C21H20O2. The van der Waals surface area contributed by atoms with Gasteiger partial charge in [0.15, 0.2) is 5.78 Å². The summed E-state index contributed by atoms with van der Waals surface area (Å²) < 4.78 is 6.05. The molecule has 1 aliphatic rings. The molecule has 0 N–H and O–H groups in total. The Kier molecular flexibility index (Phi) is 3.69. The molecule has 0 unspecified atom stereocenters. The number of carbonyl (C=O) groups excluding carboxylic acids is 1. The van der Waals surface area contributed by atoms with Gasteiger partial charge in [0.1, 0.15) is 11.4 Å². The van der Waals surface area contributed by atoms with Crippen LogP contribution in [0.3, 0.4) is 0 Å². The summed E-state index contributed by atoms with van der Waals surface area (Å²) in [6.45, 7) is 9.70. The number of carbonyl (C=O) groups is 1. The molecular weight excluding hydrogens is 284 g/mol. The first-order chi connectivity index (χ1) is 10.9. The molecule has 3 rings (SSSR count). The van der Waals surface area contributed by atoms with E-state index in [9.17, 15) is 4.79 Å². The van der Waals surface area contributed by atoms with E-state index in [1.54, 1.807) is 6.07 Å². The van der Waals surface area contributed by atoms with E-state index in [-0.39, 0.29) is 5.78 Å². The Morgan fingerprint density at radius 1 is 1.13 bits per heavy atom. The summed E-state index contributed by atoms with van der Waals surface area (Å²) in [5.41, 5.74) is 4.61. The zero-order valence-corrected chi connectivity index (χ0v) is 13.7. The molecule has 23 heavy (non-hydrogen) atoms. The van der Waals surface area contributed by atoms with Gasteiger partial charge in [0.05, 0.1) is 0 Å². The van der Waals surface area contributed by atoms with E-state index in [1.165, 1.54) is 11.6 Å². The fourth-order valence-electron chi connectivity index (χ4n) is 2.81. The van der Waals surface area contributed by atoms with E-state index >= 15 is 0 Å². The van der Waals surface area contributed by atoms with Crippen LogP contribution in [0, 0.1) is 6.92 Å². The molecule has 0 aromatic heterocycles. The zero-order valence-electron chi connectivity index (χ0n) is 13.7. The molecule has 1 aliphatic heterocycles. The highest BCUT2D eigenvalue weighted by molar-refractivity contribution is 6.05. The third kappa shape index (κ3) is 2.98. The van der Waals surface area contributed by atoms with Crippen LogP contribution in [0.15, 0.2) is 61.2 Å². The summed E-state index contributed by atoms with van der Waals surface area (Å²) in [5.74, 6) is 0.717. The van der Waals surface area contributed by atoms with Gasteiger partial charge in [-0.15, -0.1) is 0 Å². The van der Waals surface area contributed by atoms with Gasteiger partial charge in [-0.25, -0.2) is 0 Å². The molecule has 0 bridgehead atoms. The second kappa shape index (κ2) is 5.54. The first-order valence-corrected chi connectivity index (χ1v) is 7.70. The number of aryl methyl sites for hydroxylation is 1. The number of allylic oxidation sites excluding steroid dienone is 1. The maximum atomic E-state index is 11.9. The van der Waals surface area contributed by atoms with Crippen LogP contribution in [0.1, 0.15) is 40.9 Å². The van der Waals surface area contributed by atoms with Gasteiger partial charge < -0.3 is 4.74 Å². The summed E-state index contributed by atoms with van der Waals surface area (Å²) in [6.07, 6.45) is 3.45. The third-order valence-electron chi connectivity index (χ3n) is 3.97. The first-order valence-electron chi connectivity index (χ1n) is 7.70. The Morgan fingerprint density at radius 2 is 1.83 bits per heavy atom. The Labute approximate surface area is 137 Å². The molecule has 2 heteroatoms. The summed E-state index contributed by atoms with van der Waals surface area (Å²) in [6, 6.07) is 13.9. The number of benzene rings is 2. The van der Waals surface area contributed by atoms with Gasteiger partial charge in [-0.05, 0) is 62.3 Å². The van der Waals surface area contributed by atoms with Crippen LogP contribution in [-0.4, -0.2) is 11.4 Å². The fraction of sp³-hybridized carbons (Fsp3) is 0.190. The molecule has 0 saturated heterocycles. The Bertz CT molecular complexity index is 808. The van der Waals surface area contributed by atoms with Crippen molar-refractivity contribution in [3.05, 3.63) is 83.4 Å². The summed E-state index contributed by atoms with van der Waals surface area (Å²) in [7, 11) is 0. The number of ketones is 1. The lowest BCUT2D eigenvalue weighted by Gasteiger charge is -2.31. The number of ether oxygens (including phenoxy) is 1. The second-order valence-corrected chi connectivity index (χ2v) is 6.41. The van der Waals surface area contributed by atoms with Crippen molar-refractivity contribution in [2.75, 3.05) is 0 Å². The summed E-state index contributed by atoms with van der Waals surface area (Å²) in [4.78, 5) is 11.9.